The van der Waals surface area contributed by atoms with E-state index in [1.54, 1.807) is 6.92 Å². The molecule has 16 heavy (non-hydrogen) atoms. The Morgan fingerprint density at radius 2 is 2.38 bits per heavy atom. The molecule has 0 fully saturated rings. The Bertz CT molecular complexity index is 361. The number of nitrogens with one attached hydrogen (secondary N) is 1. The van der Waals surface area contributed by atoms with Crippen LogP contribution in [0.5, 0.6) is 0 Å². The maximum absolute atomic E-state index is 11.1. The Balaban J connectivity index is 2.38. The van der Waals surface area contributed by atoms with Crippen LogP contribution in [0.2, 0.25) is 0 Å². The Morgan fingerprint density at radius 1 is 1.69 bits per heavy atom. The van der Waals surface area contributed by atoms with E-state index in [1.165, 1.54) is 14.0 Å². The van der Waals surface area contributed by atoms with Crippen molar-refractivity contribution in [1.82, 2.24) is 15.5 Å². The number of aryl methyl sites for hydroxylation is 1. The summed E-state index contributed by atoms with van der Waals surface area (Å²) in [5, 5.41) is 16.2. The van der Waals surface area contributed by atoms with E-state index in [0.717, 1.165) is 0 Å². The highest BCUT2D eigenvalue weighted by atomic mass is 16.5. The molecule has 1 aromatic rings. The van der Waals surface area contributed by atoms with Crippen molar-refractivity contribution in [1.29, 1.82) is 0 Å². The zero-order valence-electron chi connectivity index (χ0n) is 9.48. The first-order valence-corrected chi connectivity index (χ1v) is 4.76. The van der Waals surface area contributed by atoms with Crippen molar-refractivity contribution in [3.05, 3.63) is 11.7 Å². The van der Waals surface area contributed by atoms with Gasteiger partial charge in [0.05, 0.1) is 13.7 Å². The van der Waals surface area contributed by atoms with Gasteiger partial charge < -0.3 is 19.7 Å². The summed E-state index contributed by atoms with van der Waals surface area (Å²) in [6.45, 7) is 3.41. The van der Waals surface area contributed by atoms with Crippen LogP contribution in [0.25, 0.3) is 0 Å². The zero-order valence-corrected chi connectivity index (χ0v) is 9.48. The van der Waals surface area contributed by atoms with Gasteiger partial charge in [-0.15, -0.1) is 0 Å². The van der Waals surface area contributed by atoms with Gasteiger partial charge in [-0.05, 0) is 6.92 Å². The molecule has 0 aromatic carbocycles. The van der Waals surface area contributed by atoms with Crippen molar-refractivity contribution in [2.45, 2.75) is 26.0 Å². The second kappa shape index (κ2) is 5.04. The van der Waals surface area contributed by atoms with Crippen molar-refractivity contribution in [3.8, 4) is 0 Å². The molecule has 0 aliphatic heterocycles. The fourth-order valence-corrected chi connectivity index (χ4v) is 1.12. The van der Waals surface area contributed by atoms with Gasteiger partial charge in [-0.2, -0.15) is 4.98 Å². The van der Waals surface area contributed by atoms with Gasteiger partial charge in [-0.1, -0.05) is 5.16 Å². The van der Waals surface area contributed by atoms with Crippen LogP contribution in [0, 0.1) is 6.92 Å². The highest BCUT2D eigenvalue weighted by molar-refractivity contribution is 5.78. The molecule has 1 heterocycles. The maximum Gasteiger partial charge on any atom is 0.338 e. The molecular formula is C9H15N3O4. The number of carbonyl (C=O) groups excluding carboxylic acids is 1. The van der Waals surface area contributed by atoms with E-state index < -0.39 is 11.6 Å². The SMILES string of the molecule is COC(=O)C(C)(O)CNCc1noc(C)n1. The zero-order chi connectivity index (χ0) is 12.2. The molecule has 0 bridgehead atoms. The summed E-state index contributed by atoms with van der Waals surface area (Å²) in [6.07, 6.45) is 0. The molecular weight excluding hydrogens is 214 g/mol. The first kappa shape index (κ1) is 12.6. The lowest BCUT2D eigenvalue weighted by Crippen LogP contribution is -2.45. The molecule has 0 radical (unpaired) electrons. The van der Waals surface area contributed by atoms with E-state index in [0.29, 0.717) is 18.3 Å². The molecule has 1 rings (SSSR count). The van der Waals surface area contributed by atoms with Crippen LogP contribution in [-0.4, -0.2) is 40.5 Å². The normalized spacial score (nSPS) is 14.5. The highest BCUT2D eigenvalue weighted by Crippen LogP contribution is 2.04. The van der Waals surface area contributed by atoms with Crippen molar-refractivity contribution in [2.75, 3.05) is 13.7 Å². The Hall–Kier alpha value is -1.47. The lowest BCUT2D eigenvalue weighted by Gasteiger charge is -2.19. The standard InChI is InChI=1S/C9H15N3O4/c1-6-11-7(12-16-6)4-10-5-9(2,14)8(13)15-3/h10,14H,4-5H2,1-3H3. The number of aliphatic hydroxyl groups is 1. The summed E-state index contributed by atoms with van der Waals surface area (Å²) in [7, 11) is 1.22. The number of hydrogen-bond donors (Lipinski definition) is 2. The third-order valence-electron chi connectivity index (χ3n) is 1.95. The van der Waals surface area contributed by atoms with Crippen molar-refractivity contribution >= 4 is 5.97 Å². The van der Waals surface area contributed by atoms with Crippen LogP contribution in [-0.2, 0) is 16.1 Å². The van der Waals surface area contributed by atoms with Crippen LogP contribution in [0.3, 0.4) is 0 Å². The molecule has 1 atom stereocenters. The predicted molar refractivity (Wildman–Crippen MR) is 53.4 cm³/mol. The molecule has 0 saturated heterocycles. The fraction of sp³-hybridized carbons (Fsp3) is 0.667. The van der Waals surface area contributed by atoms with Gasteiger partial charge in [0, 0.05) is 13.5 Å². The molecule has 7 nitrogen and oxygen atoms in total. The smallest absolute Gasteiger partial charge is 0.338 e. The lowest BCUT2D eigenvalue weighted by molar-refractivity contribution is -0.159. The van der Waals surface area contributed by atoms with Crippen LogP contribution >= 0.6 is 0 Å². The van der Waals surface area contributed by atoms with E-state index in [2.05, 4.69) is 20.2 Å². The largest absolute Gasteiger partial charge is 0.467 e. The van der Waals surface area contributed by atoms with Gasteiger partial charge in [0.15, 0.2) is 11.4 Å². The number of carbonyl (C=O) groups is 1. The quantitative estimate of drug-likeness (QED) is 0.650. The molecule has 0 saturated carbocycles. The molecule has 0 aliphatic carbocycles. The molecule has 0 aliphatic rings. The summed E-state index contributed by atoms with van der Waals surface area (Å²) >= 11 is 0. The Labute approximate surface area is 92.8 Å². The second-order valence-corrected chi connectivity index (χ2v) is 3.60. The van der Waals surface area contributed by atoms with E-state index in [4.69, 9.17) is 4.52 Å². The minimum atomic E-state index is -1.56. The number of nitrogens with zero attached hydrogens (tertiary/aromatic N) is 2. The summed E-state index contributed by atoms with van der Waals surface area (Å²) in [6, 6.07) is 0. The van der Waals surface area contributed by atoms with Gasteiger partial charge in [0.1, 0.15) is 0 Å². The van der Waals surface area contributed by atoms with E-state index in [1.807, 2.05) is 0 Å². The van der Waals surface area contributed by atoms with Crippen molar-refractivity contribution < 1.29 is 19.2 Å². The lowest BCUT2D eigenvalue weighted by atomic mass is 10.1. The van der Waals surface area contributed by atoms with Gasteiger partial charge in [-0.25, -0.2) is 4.79 Å². The first-order chi connectivity index (χ1) is 7.45. The third kappa shape index (κ3) is 3.28. The number of aromatic nitrogens is 2. The van der Waals surface area contributed by atoms with Gasteiger partial charge in [-0.3, -0.25) is 0 Å². The minimum absolute atomic E-state index is 0.0489. The number of ether oxygens (including phenoxy) is 1. The average Bonchev–Trinajstić information content (AvgIpc) is 2.62. The minimum Gasteiger partial charge on any atom is -0.467 e. The summed E-state index contributed by atoms with van der Waals surface area (Å²) < 4.78 is 9.20. The van der Waals surface area contributed by atoms with Gasteiger partial charge in [0.25, 0.3) is 0 Å². The summed E-state index contributed by atoms with van der Waals surface area (Å²) in [5.74, 6) is 0.249. The van der Waals surface area contributed by atoms with Crippen LogP contribution in [0.4, 0.5) is 0 Å². The summed E-state index contributed by atoms with van der Waals surface area (Å²) in [5.41, 5.74) is -1.56. The molecule has 0 spiro atoms. The number of rotatable bonds is 5. The first-order valence-electron chi connectivity index (χ1n) is 4.76. The van der Waals surface area contributed by atoms with E-state index in [-0.39, 0.29) is 6.54 Å². The Kier molecular flexibility index (Phi) is 3.97. The van der Waals surface area contributed by atoms with Gasteiger partial charge >= 0.3 is 5.97 Å². The van der Waals surface area contributed by atoms with Crippen LogP contribution in [0.1, 0.15) is 18.6 Å². The van der Waals surface area contributed by atoms with Crippen molar-refractivity contribution in [3.63, 3.8) is 0 Å². The second-order valence-electron chi connectivity index (χ2n) is 3.60. The summed E-state index contributed by atoms with van der Waals surface area (Å²) in [4.78, 5) is 15.1. The Morgan fingerprint density at radius 3 is 2.88 bits per heavy atom. The van der Waals surface area contributed by atoms with E-state index >= 15 is 0 Å². The number of hydrogen-bond acceptors (Lipinski definition) is 7. The highest BCUT2D eigenvalue weighted by Gasteiger charge is 2.30. The molecule has 1 unspecified atom stereocenters. The van der Waals surface area contributed by atoms with E-state index in [9.17, 15) is 9.90 Å². The number of methoxy groups -OCH3 is 1. The fourth-order valence-electron chi connectivity index (χ4n) is 1.12. The average molecular weight is 229 g/mol. The molecule has 2 N–H and O–H groups in total. The van der Waals surface area contributed by atoms with Crippen LogP contribution in [0.15, 0.2) is 4.52 Å². The molecule has 90 valence electrons. The molecule has 0 amide bonds. The topological polar surface area (TPSA) is 97.5 Å². The monoisotopic (exact) mass is 229 g/mol. The third-order valence-corrected chi connectivity index (χ3v) is 1.95. The predicted octanol–water partition coefficient (Wildman–Crippen LogP) is -0.608. The van der Waals surface area contributed by atoms with Crippen LogP contribution < -0.4 is 5.32 Å². The maximum atomic E-state index is 11.1. The van der Waals surface area contributed by atoms with Crippen molar-refractivity contribution in [2.24, 2.45) is 0 Å². The molecule has 7 heteroatoms. The number of esters is 1. The van der Waals surface area contributed by atoms with Gasteiger partial charge in [0.2, 0.25) is 5.89 Å². The molecule has 1 aromatic heterocycles.